The van der Waals surface area contributed by atoms with E-state index in [4.69, 9.17) is 5.11 Å². The highest BCUT2D eigenvalue weighted by atomic mass is 16.3. The molecule has 1 atom stereocenters. The molecule has 1 aromatic carbocycles. The van der Waals surface area contributed by atoms with Crippen LogP contribution in [0.15, 0.2) is 24.3 Å². The molecule has 1 aliphatic rings. The minimum atomic E-state index is -0.310. The molecule has 0 radical (unpaired) electrons. The molecule has 19 heavy (non-hydrogen) atoms. The number of para-hydroxylation sites is 1. The zero-order valence-corrected chi connectivity index (χ0v) is 11.6. The van der Waals surface area contributed by atoms with Crippen LogP contribution in [-0.4, -0.2) is 29.9 Å². The number of aliphatic hydroxyl groups is 2. The van der Waals surface area contributed by atoms with E-state index < -0.39 is 0 Å². The lowest BCUT2D eigenvalue weighted by molar-refractivity contribution is 0.168. The molecule has 1 heterocycles. The first-order valence-electron chi connectivity index (χ1n) is 7.45. The van der Waals surface area contributed by atoms with Crippen molar-refractivity contribution in [3.05, 3.63) is 29.8 Å². The smallest absolute Gasteiger partial charge is 0.0810 e. The molecule has 1 aromatic rings. The van der Waals surface area contributed by atoms with E-state index in [0.717, 1.165) is 50.8 Å². The molecule has 3 heteroatoms. The van der Waals surface area contributed by atoms with Gasteiger partial charge in [0, 0.05) is 30.9 Å². The summed E-state index contributed by atoms with van der Waals surface area (Å²) >= 11 is 0. The van der Waals surface area contributed by atoms with Crippen LogP contribution in [0, 0.1) is 0 Å². The van der Waals surface area contributed by atoms with Crippen LogP contribution in [0.1, 0.15) is 50.2 Å². The third-order valence-corrected chi connectivity index (χ3v) is 3.88. The Hall–Kier alpha value is -1.06. The molecule has 0 aliphatic carbocycles. The Morgan fingerprint density at radius 2 is 1.89 bits per heavy atom. The van der Waals surface area contributed by atoms with Gasteiger partial charge in [-0.3, -0.25) is 0 Å². The summed E-state index contributed by atoms with van der Waals surface area (Å²) in [6.45, 7) is 2.39. The van der Waals surface area contributed by atoms with Crippen LogP contribution in [0.25, 0.3) is 0 Å². The molecule has 2 rings (SSSR count). The van der Waals surface area contributed by atoms with Crippen molar-refractivity contribution in [1.29, 1.82) is 0 Å². The normalized spacial score (nSPS) is 19.1. The average Bonchev–Trinajstić information content (AvgIpc) is 2.59. The monoisotopic (exact) mass is 263 g/mol. The van der Waals surface area contributed by atoms with Crippen molar-refractivity contribution in [2.24, 2.45) is 0 Å². The minimum Gasteiger partial charge on any atom is -0.396 e. The predicted octanol–water partition coefficient (Wildman–Crippen LogP) is 2.87. The van der Waals surface area contributed by atoms with Gasteiger partial charge >= 0.3 is 0 Å². The van der Waals surface area contributed by atoms with Crippen LogP contribution >= 0.6 is 0 Å². The van der Waals surface area contributed by atoms with Crippen molar-refractivity contribution in [2.45, 2.75) is 44.6 Å². The summed E-state index contributed by atoms with van der Waals surface area (Å²) in [6.07, 6.45) is 5.94. The van der Waals surface area contributed by atoms with Gasteiger partial charge in [-0.1, -0.05) is 31.0 Å². The van der Waals surface area contributed by atoms with Crippen LogP contribution < -0.4 is 4.90 Å². The zero-order valence-electron chi connectivity index (χ0n) is 11.6. The fourth-order valence-corrected chi connectivity index (χ4v) is 2.81. The van der Waals surface area contributed by atoms with Gasteiger partial charge in [-0.15, -0.1) is 0 Å². The van der Waals surface area contributed by atoms with E-state index in [9.17, 15) is 5.11 Å². The molecular weight excluding hydrogens is 238 g/mol. The Labute approximate surface area is 115 Å². The summed E-state index contributed by atoms with van der Waals surface area (Å²) in [4.78, 5) is 2.41. The number of nitrogens with zero attached hydrogens (tertiary/aromatic N) is 1. The summed E-state index contributed by atoms with van der Waals surface area (Å²) < 4.78 is 0. The van der Waals surface area contributed by atoms with Gasteiger partial charge in [-0.05, 0) is 31.7 Å². The third kappa shape index (κ3) is 3.95. The van der Waals surface area contributed by atoms with Gasteiger partial charge in [-0.25, -0.2) is 0 Å². The molecule has 0 saturated carbocycles. The van der Waals surface area contributed by atoms with Crippen LogP contribution in [0.3, 0.4) is 0 Å². The van der Waals surface area contributed by atoms with E-state index in [1.54, 1.807) is 0 Å². The number of benzene rings is 1. The predicted molar refractivity (Wildman–Crippen MR) is 78.4 cm³/mol. The SMILES string of the molecule is OCCCCCCN1CCCC(O)c2ccccc21. The highest BCUT2D eigenvalue weighted by Gasteiger charge is 2.20. The number of fused-ring (bicyclic) bond motifs is 1. The van der Waals surface area contributed by atoms with Gasteiger partial charge < -0.3 is 15.1 Å². The maximum Gasteiger partial charge on any atom is 0.0810 e. The first-order chi connectivity index (χ1) is 9.33. The zero-order chi connectivity index (χ0) is 13.5. The number of hydrogen-bond acceptors (Lipinski definition) is 3. The number of anilines is 1. The lowest BCUT2D eigenvalue weighted by atomic mass is 10.0. The summed E-state index contributed by atoms with van der Waals surface area (Å²) in [5.74, 6) is 0. The second kappa shape index (κ2) is 7.51. The number of rotatable bonds is 6. The summed E-state index contributed by atoms with van der Waals surface area (Å²) in [5, 5.41) is 18.9. The number of unbranched alkanes of at least 4 members (excludes halogenated alkanes) is 3. The first kappa shape index (κ1) is 14.4. The standard InChI is InChI=1S/C16H25NO2/c18-13-6-2-1-5-11-17-12-7-10-16(19)14-8-3-4-9-15(14)17/h3-4,8-9,16,18-19H,1-2,5-7,10-13H2. The average molecular weight is 263 g/mol. The minimum absolute atomic E-state index is 0.304. The lowest BCUT2D eigenvalue weighted by Gasteiger charge is -2.25. The van der Waals surface area contributed by atoms with Gasteiger partial charge in [-0.2, -0.15) is 0 Å². The molecule has 0 amide bonds. The highest BCUT2D eigenvalue weighted by molar-refractivity contribution is 5.55. The van der Waals surface area contributed by atoms with Crippen molar-refractivity contribution < 1.29 is 10.2 Å². The van der Waals surface area contributed by atoms with Gasteiger partial charge in [0.1, 0.15) is 0 Å². The molecule has 1 unspecified atom stereocenters. The second-order valence-corrected chi connectivity index (χ2v) is 5.34. The Morgan fingerprint density at radius 1 is 1.11 bits per heavy atom. The van der Waals surface area contributed by atoms with Crippen LogP contribution in [0.2, 0.25) is 0 Å². The third-order valence-electron chi connectivity index (χ3n) is 3.88. The Morgan fingerprint density at radius 3 is 2.74 bits per heavy atom. The first-order valence-corrected chi connectivity index (χ1v) is 7.45. The van der Waals surface area contributed by atoms with Crippen molar-refractivity contribution in [2.75, 3.05) is 24.6 Å². The summed E-state index contributed by atoms with van der Waals surface area (Å²) in [5.41, 5.74) is 2.28. The Bertz CT molecular complexity index is 381. The van der Waals surface area contributed by atoms with Gasteiger partial charge in [0.2, 0.25) is 0 Å². The highest BCUT2D eigenvalue weighted by Crippen LogP contribution is 2.32. The molecule has 3 nitrogen and oxygen atoms in total. The Balaban J connectivity index is 1.94. The molecule has 0 saturated heterocycles. The van der Waals surface area contributed by atoms with Crippen molar-refractivity contribution in [3.8, 4) is 0 Å². The number of aliphatic hydroxyl groups excluding tert-OH is 2. The molecule has 0 aromatic heterocycles. The Kier molecular flexibility index (Phi) is 5.67. The fourth-order valence-electron chi connectivity index (χ4n) is 2.81. The maximum atomic E-state index is 10.1. The van der Waals surface area contributed by atoms with E-state index >= 15 is 0 Å². The molecule has 0 bridgehead atoms. The van der Waals surface area contributed by atoms with Crippen molar-refractivity contribution in [3.63, 3.8) is 0 Å². The van der Waals surface area contributed by atoms with E-state index in [1.165, 1.54) is 12.1 Å². The molecule has 1 aliphatic heterocycles. The second-order valence-electron chi connectivity index (χ2n) is 5.34. The summed E-state index contributed by atoms with van der Waals surface area (Å²) in [6, 6.07) is 8.23. The van der Waals surface area contributed by atoms with Crippen molar-refractivity contribution >= 4 is 5.69 Å². The lowest BCUT2D eigenvalue weighted by Crippen LogP contribution is -2.25. The topological polar surface area (TPSA) is 43.7 Å². The van der Waals surface area contributed by atoms with E-state index in [-0.39, 0.29) is 6.10 Å². The van der Waals surface area contributed by atoms with Crippen LogP contribution in [0.5, 0.6) is 0 Å². The van der Waals surface area contributed by atoms with Gasteiger partial charge in [0.25, 0.3) is 0 Å². The van der Waals surface area contributed by atoms with Gasteiger partial charge in [0.05, 0.1) is 6.10 Å². The summed E-state index contributed by atoms with van der Waals surface area (Å²) in [7, 11) is 0. The molecule has 0 spiro atoms. The van der Waals surface area contributed by atoms with E-state index in [0.29, 0.717) is 6.61 Å². The number of hydrogen-bond donors (Lipinski definition) is 2. The largest absolute Gasteiger partial charge is 0.396 e. The molecule has 0 fully saturated rings. The van der Waals surface area contributed by atoms with Crippen LogP contribution in [0.4, 0.5) is 5.69 Å². The van der Waals surface area contributed by atoms with Crippen molar-refractivity contribution in [1.82, 2.24) is 0 Å². The fraction of sp³-hybridized carbons (Fsp3) is 0.625. The maximum absolute atomic E-state index is 10.1. The molecule has 2 N–H and O–H groups in total. The quantitative estimate of drug-likeness (QED) is 0.776. The molecule has 106 valence electrons. The van der Waals surface area contributed by atoms with E-state index in [2.05, 4.69) is 17.0 Å². The van der Waals surface area contributed by atoms with Gasteiger partial charge in [0.15, 0.2) is 0 Å². The van der Waals surface area contributed by atoms with Crippen LogP contribution in [-0.2, 0) is 0 Å². The van der Waals surface area contributed by atoms with E-state index in [1.807, 2.05) is 12.1 Å². The molecular formula is C16H25NO2.